The molecule has 0 N–H and O–H groups in total. The van der Waals surface area contributed by atoms with Gasteiger partial charge in [-0.3, -0.25) is 0 Å². The van der Waals surface area contributed by atoms with Gasteiger partial charge in [0.15, 0.2) is 0 Å². The van der Waals surface area contributed by atoms with Crippen LogP contribution in [0, 0.1) is 17.7 Å². The highest BCUT2D eigenvalue weighted by Crippen LogP contribution is 2.39. The zero-order valence-corrected chi connectivity index (χ0v) is 21.0. The van der Waals surface area contributed by atoms with Crippen LogP contribution in [0.4, 0.5) is 13.2 Å². The van der Waals surface area contributed by atoms with E-state index in [0.29, 0.717) is 18.3 Å². The third kappa shape index (κ3) is 6.58. The molecular formula is C31H39F3O. The van der Waals surface area contributed by atoms with Crippen molar-refractivity contribution in [3.8, 4) is 0 Å². The fourth-order valence-electron chi connectivity index (χ4n) is 5.94. The summed E-state index contributed by atoms with van der Waals surface area (Å²) in [7, 11) is 0. The SMILES string of the molecule is C=C[C@H]1CC[C@H](c2ccc(C(F)(F)OCCc3ccc([C@H]4CC[C@H](CC)CC4)cc3)c(F)c2)CC1. The number of halogens is 3. The molecule has 0 atom stereocenters. The maximum Gasteiger partial charge on any atom is 0.386 e. The Morgan fingerprint density at radius 3 is 2.09 bits per heavy atom. The first-order chi connectivity index (χ1) is 16.9. The zero-order valence-electron chi connectivity index (χ0n) is 21.0. The minimum Gasteiger partial charge on any atom is -0.316 e. The van der Waals surface area contributed by atoms with E-state index in [-0.39, 0.29) is 12.5 Å². The van der Waals surface area contributed by atoms with Crippen molar-refractivity contribution in [2.45, 2.75) is 89.1 Å². The third-order valence-corrected chi connectivity index (χ3v) is 8.43. The van der Waals surface area contributed by atoms with Crippen LogP contribution in [0.3, 0.4) is 0 Å². The molecule has 0 heterocycles. The first-order valence-corrected chi connectivity index (χ1v) is 13.4. The number of ether oxygens (including phenoxy) is 1. The van der Waals surface area contributed by atoms with Crippen LogP contribution in [-0.2, 0) is 17.3 Å². The number of benzene rings is 2. The van der Waals surface area contributed by atoms with Gasteiger partial charge in [0.05, 0.1) is 12.2 Å². The van der Waals surface area contributed by atoms with Crippen LogP contribution in [0.2, 0.25) is 0 Å². The van der Waals surface area contributed by atoms with Crippen molar-refractivity contribution in [1.82, 2.24) is 0 Å². The normalized spacial score (nSPS) is 25.4. The van der Waals surface area contributed by atoms with Crippen molar-refractivity contribution in [3.05, 3.63) is 83.2 Å². The highest BCUT2D eigenvalue weighted by Gasteiger charge is 2.36. The van der Waals surface area contributed by atoms with Crippen LogP contribution < -0.4 is 0 Å². The van der Waals surface area contributed by atoms with Gasteiger partial charge in [0.25, 0.3) is 0 Å². The van der Waals surface area contributed by atoms with E-state index in [2.05, 4.69) is 25.6 Å². The lowest BCUT2D eigenvalue weighted by atomic mass is 9.78. The number of hydrogen-bond donors (Lipinski definition) is 0. The van der Waals surface area contributed by atoms with E-state index >= 15 is 0 Å². The van der Waals surface area contributed by atoms with Crippen LogP contribution in [0.1, 0.15) is 98.8 Å². The second-order valence-electron chi connectivity index (χ2n) is 10.6. The van der Waals surface area contributed by atoms with Gasteiger partial charge in [-0.05, 0) is 110 Å². The average molecular weight is 485 g/mol. The van der Waals surface area contributed by atoms with Gasteiger partial charge < -0.3 is 4.74 Å². The molecule has 2 aliphatic carbocycles. The molecule has 0 aliphatic heterocycles. The standard InChI is InChI=1S/C31H39F3O/c1-3-22-5-11-25(12-6-22)26-15-9-24(10-16-26)19-20-35-31(33,34)29-18-17-28(21-30(29)32)27-13-7-23(4-2)8-14-27/h4,9-10,15-18,21-23,25,27H,2-3,5-8,11-14,19-20H2,1H3/t22-,23-,25-,27-. The monoisotopic (exact) mass is 484 g/mol. The Kier molecular flexibility index (Phi) is 8.75. The summed E-state index contributed by atoms with van der Waals surface area (Å²) in [6, 6.07) is 12.4. The molecular weight excluding hydrogens is 445 g/mol. The first kappa shape index (κ1) is 26.0. The fourth-order valence-corrected chi connectivity index (χ4v) is 5.94. The van der Waals surface area contributed by atoms with Gasteiger partial charge in [-0.25, -0.2) is 4.39 Å². The number of allylic oxidation sites excluding steroid dienone is 1. The third-order valence-electron chi connectivity index (χ3n) is 8.43. The highest BCUT2D eigenvalue weighted by molar-refractivity contribution is 5.30. The Labute approximate surface area is 208 Å². The lowest BCUT2D eigenvalue weighted by Gasteiger charge is -2.28. The molecule has 4 rings (SSSR count). The minimum atomic E-state index is -3.65. The van der Waals surface area contributed by atoms with Gasteiger partial charge in [-0.2, -0.15) is 8.78 Å². The number of rotatable bonds is 9. The molecule has 0 saturated heterocycles. The molecule has 4 heteroatoms. The lowest BCUT2D eigenvalue weighted by molar-refractivity contribution is -0.249. The predicted molar refractivity (Wildman–Crippen MR) is 136 cm³/mol. The molecule has 0 bridgehead atoms. The largest absolute Gasteiger partial charge is 0.386 e. The molecule has 2 saturated carbocycles. The van der Waals surface area contributed by atoms with Crippen molar-refractivity contribution in [2.24, 2.45) is 11.8 Å². The van der Waals surface area contributed by atoms with E-state index in [0.717, 1.165) is 42.7 Å². The highest BCUT2D eigenvalue weighted by atomic mass is 19.3. The van der Waals surface area contributed by atoms with Gasteiger partial charge in [-0.15, -0.1) is 6.58 Å². The van der Waals surface area contributed by atoms with Crippen molar-refractivity contribution < 1.29 is 17.9 Å². The molecule has 1 nitrogen and oxygen atoms in total. The van der Waals surface area contributed by atoms with E-state index in [1.54, 1.807) is 6.07 Å². The molecule has 190 valence electrons. The maximum absolute atomic E-state index is 14.7. The van der Waals surface area contributed by atoms with Crippen LogP contribution in [0.15, 0.2) is 55.1 Å². The summed E-state index contributed by atoms with van der Waals surface area (Å²) in [5.74, 6) is 1.30. The van der Waals surface area contributed by atoms with Gasteiger partial charge in [0.1, 0.15) is 5.82 Å². The molecule has 0 radical (unpaired) electrons. The van der Waals surface area contributed by atoms with E-state index in [4.69, 9.17) is 4.74 Å². The van der Waals surface area contributed by atoms with Crippen LogP contribution in [0.5, 0.6) is 0 Å². The molecule has 0 spiro atoms. The van der Waals surface area contributed by atoms with E-state index in [1.165, 1.54) is 49.8 Å². The Morgan fingerprint density at radius 2 is 1.49 bits per heavy atom. The van der Waals surface area contributed by atoms with Gasteiger partial charge in [0.2, 0.25) is 0 Å². The molecule has 0 amide bonds. The summed E-state index contributed by atoms with van der Waals surface area (Å²) in [6.07, 6.45) is 8.89. The van der Waals surface area contributed by atoms with Crippen molar-refractivity contribution in [1.29, 1.82) is 0 Å². The first-order valence-electron chi connectivity index (χ1n) is 13.4. The average Bonchev–Trinajstić information content (AvgIpc) is 2.89. The Balaban J connectivity index is 1.29. The predicted octanol–water partition coefficient (Wildman–Crippen LogP) is 9.28. The summed E-state index contributed by atoms with van der Waals surface area (Å²) in [6.45, 7) is 5.95. The van der Waals surface area contributed by atoms with Crippen molar-refractivity contribution >= 4 is 0 Å². The Morgan fingerprint density at radius 1 is 0.886 bits per heavy atom. The van der Waals surface area contributed by atoms with E-state index in [9.17, 15) is 13.2 Å². The smallest absolute Gasteiger partial charge is 0.316 e. The zero-order chi connectivity index (χ0) is 24.8. The van der Waals surface area contributed by atoms with Gasteiger partial charge in [-0.1, -0.05) is 49.8 Å². The van der Waals surface area contributed by atoms with E-state index in [1.807, 2.05) is 18.2 Å². The lowest BCUT2D eigenvalue weighted by Crippen LogP contribution is -2.22. The summed E-state index contributed by atoms with van der Waals surface area (Å²) in [5.41, 5.74) is 2.42. The molecule has 2 fully saturated rings. The van der Waals surface area contributed by atoms with E-state index < -0.39 is 17.5 Å². The summed E-state index contributed by atoms with van der Waals surface area (Å²) < 4.78 is 49.0. The maximum atomic E-state index is 14.7. The number of hydrogen-bond acceptors (Lipinski definition) is 1. The summed E-state index contributed by atoms with van der Waals surface area (Å²) in [5, 5.41) is 0. The Bertz CT molecular complexity index is 952. The van der Waals surface area contributed by atoms with Crippen LogP contribution in [0.25, 0.3) is 0 Å². The molecule has 0 aromatic heterocycles. The summed E-state index contributed by atoms with van der Waals surface area (Å²) >= 11 is 0. The topological polar surface area (TPSA) is 9.23 Å². The van der Waals surface area contributed by atoms with Gasteiger partial charge in [0, 0.05) is 0 Å². The van der Waals surface area contributed by atoms with Crippen LogP contribution >= 0.6 is 0 Å². The molecule has 2 aliphatic rings. The molecule has 2 aromatic rings. The molecule has 35 heavy (non-hydrogen) atoms. The van der Waals surface area contributed by atoms with Crippen LogP contribution in [-0.4, -0.2) is 6.61 Å². The molecule has 2 aromatic carbocycles. The van der Waals surface area contributed by atoms with Crippen molar-refractivity contribution in [3.63, 3.8) is 0 Å². The molecule has 0 unspecified atom stereocenters. The minimum absolute atomic E-state index is 0.166. The van der Waals surface area contributed by atoms with Gasteiger partial charge >= 0.3 is 6.11 Å². The fraction of sp³-hybridized carbons (Fsp3) is 0.548. The summed E-state index contributed by atoms with van der Waals surface area (Å²) in [4.78, 5) is 0. The second kappa shape index (κ2) is 11.8. The van der Waals surface area contributed by atoms with Crippen molar-refractivity contribution in [2.75, 3.05) is 6.61 Å². The second-order valence-corrected chi connectivity index (χ2v) is 10.6. The number of alkyl halides is 2. The Hall–Kier alpha value is -2.07. The quantitative estimate of drug-likeness (QED) is 0.322.